The highest BCUT2D eigenvalue weighted by atomic mass is 127. The number of hydrogen-bond acceptors (Lipinski definition) is 4. The van der Waals surface area contributed by atoms with E-state index < -0.39 is 0 Å². The molecule has 0 saturated heterocycles. The van der Waals surface area contributed by atoms with Gasteiger partial charge in [-0.1, -0.05) is 6.07 Å². The van der Waals surface area contributed by atoms with Crippen LogP contribution in [-0.2, 0) is 6.42 Å². The predicted molar refractivity (Wildman–Crippen MR) is 134 cm³/mol. The molecule has 168 valence electrons. The monoisotopic (exact) mass is 520 g/mol. The van der Waals surface area contributed by atoms with Gasteiger partial charge in [-0.25, -0.2) is 0 Å². The lowest BCUT2D eigenvalue weighted by Gasteiger charge is -2.20. The van der Waals surface area contributed by atoms with Gasteiger partial charge in [-0.15, -0.1) is 24.0 Å². The zero-order valence-electron chi connectivity index (χ0n) is 19.1. The number of unbranched alkanes of at least 4 members (excludes halogenated alkanes) is 1. The number of ether oxygens (including phenoxy) is 2. The molecule has 1 rings (SSSR count). The molecule has 1 aromatic carbocycles. The number of nitrogens with zero attached hydrogens (tertiary/aromatic N) is 2. The van der Waals surface area contributed by atoms with Gasteiger partial charge in [0.05, 0.1) is 13.2 Å². The third-order valence-corrected chi connectivity index (χ3v) is 4.65. The maximum Gasteiger partial charge on any atom is 0.190 e. The van der Waals surface area contributed by atoms with Crippen LogP contribution in [0.15, 0.2) is 23.2 Å². The van der Waals surface area contributed by atoms with E-state index in [4.69, 9.17) is 9.47 Å². The summed E-state index contributed by atoms with van der Waals surface area (Å²) in [6.45, 7) is 12.6. The molecule has 2 N–H and O–H groups in total. The fourth-order valence-corrected chi connectivity index (χ4v) is 2.75. The van der Waals surface area contributed by atoms with Gasteiger partial charge in [0, 0.05) is 26.2 Å². The van der Waals surface area contributed by atoms with Gasteiger partial charge in [0.25, 0.3) is 0 Å². The van der Waals surface area contributed by atoms with E-state index in [-0.39, 0.29) is 24.0 Å². The van der Waals surface area contributed by atoms with Crippen molar-refractivity contribution in [3.05, 3.63) is 23.8 Å². The Kier molecular flexibility index (Phi) is 15.9. The first-order valence-electron chi connectivity index (χ1n) is 10.5. The standard InChI is InChI=1S/C22H40N4O2.HI/c1-7-27-20-12-11-19(17-21(20)28-8-2)13-15-25-22(23-5)24-14-9-10-16-26(6)18(3)4;/h11-12,17-18H,7-10,13-16H2,1-6H3,(H2,23,24,25);1H. The molecule has 0 aliphatic rings. The molecule has 0 unspecified atom stereocenters. The Morgan fingerprint density at radius 2 is 1.69 bits per heavy atom. The molecule has 0 atom stereocenters. The number of aliphatic imine (C=N–C) groups is 1. The van der Waals surface area contributed by atoms with Gasteiger partial charge in [0.2, 0.25) is 0 Å². The first kappa shape index (κ1) is 27.8. The molecule has 0 bridgehead atoms. The Balaban J connectivity index is 0.00000784. The number of halogens is 1. The molecule has 0 saturated carbocycles. The molecule has 29 heavy (non-hydrogen) atoms. The average Bonchev–Trinajstić information content (AvgIpc) is 2.68. The molecule has 1 aromatic rings. The van der Waals surface area contributed by atoms with E-state index in [0.717, 1.165) is 49.9 Å². The van der Waals surface area contributed by atoms with Crippen molar-refractivity contribution in [3.8, 4) is 11.5 Å². The van der Waals surface area contributed by atoms with Crippen LogP contribution in [-0.4, -0.2) is 63.8 Å². The quantitative estimate of drug-likeness (QED) is 0.179. The zero-order valence-corrected chi connectivity index (χ0v) is 21.4. The topological polar surface area (TPSA) is 58.1 Å². The van der Waals surface area contributed by atoms with Crippen LogP contribution in [0.25, 0.3) is 0 Å². The molecular weight excluding hydrogens is 479 g/mol. The van der Waals surface area contributed by atoms with Crippen molar-refractivity contribution in [3.63, 3.8) is 0 Å². The van der Waals surface area contributed by atoms with Gasteiger partial charge in [-0.2, -0.15) is 0 Å². The minimum atomic E-state index is 0. The number of guanidine groups is 1. The van der Waals surface area contributed by atoms with Crippen LogP contribution in [0.4, 0.5) is 0 Å². The molecule has 0 aromatic heterocycles. The van der Waals surface area contributed by atoms with E-state index in [1.54, 1.807) is 0 Å². The zero-order chi connectivity index (χ0) is 20.8. The van der Waals surface area contributed by atoms with Crippen LogP contribution in [0.3, 0.4) is 0 Å². The van der Waals surface area contributed by atoms with Crippen LogP contribution in [0, 0.1) is 0 Å². The second-order valence-electron chi connectivity index (χ2n) is 7.10. The summed E-state index contributed by atoms with van der Waals surface area (Å²) >= 11 is 0. The van der Waals surface area contributed by atoms with E-state index in [1.165, 1.54) is 12.0 Å². The number of benzene rings is 1. The minimum Gasteiger partial charge on any atom is -0.490 e. The lowest BCUT2D eigenvalue weighted by atomic mass is 10.1. The first-order valence-corrected chi connectivity index (χ1v) is 10.5. The van der Waals surface area contributed by atoms with Crippen molar-refractivity contribution in [1.82, 2.24) is 15.5 Å². The van der Waals surface area contributed by atoms with Gasteiger partial charge in [-0.05, 0) is 78.2 Å². The number of rotatable bonds is 13. The number of hydrogen-bond donors (Lipinski definition) is 2. The molecule has 0 amide bonds. The average molecular weight is 521 g/mol. The Labute approximate surface area is 194 Å². The van der Waals surface area contributed by atoms with Crippen LogP contribution in [0.5, 0.6) is 11.5 Å². The van der Waals surface area contributed by atoms with E-state index in [1.807, 2.05) is 27.0 Å². The van der Waals surface area contributed by atoms with Crippen LogP contribution in [0.2, 0.25) is 0 Å². The summed E-state index contributed by atoms with van der Waals surface area (Å²) in [6.07, 6.45) is 3.21. The third-order valence-electron chi connectivity index (χ3n) is 4.65. The fraction of sp³-hybridized carbons (Fsp3) is 0.682. The van der Waals surface area contributed by atoms with E-state index in [2.05, 4.69) is 53.6 Å². The SMILES string of the molecule is CCOc1ccc(CCNC(=NC)NCCCCN(C)C(C)C)cc1OCC.I. The van der Waals surface area contributed by atoms with Gasteiger partial charge >= 0.3 is 0 Å². The van der Waals surface area contributed by atoms with Gasteiger partial charge in [-0.3, -0.25) is 4.99 Å². The Hall–Kier alpha value is -1.22. The predicted octanol–water partition coefficient (Wildman–Crippen LogP) is 3.93. The molecule has 0 aliphatic heterocycles. The van der Waals surface area contributed by atoms with Crippen molar-refractivity contribution >= 4 is 29.9 Å². The molecule has 7 heteroatoms. The first-order chi connectivity index (χ1) is 13.5. The second-order valence-corrected chi connectivity index (χ2v) is 7.10. The summed E-state index contributed by atoms with van der Waals surface area (Å²) in [7, 11) is 3.99. The number of nitrogens with one attached hydrogen (secondary N) is 2. The van der Waals surface area contributed by atoms with Crippen molar-refractivity contribution in [2.45, 2.75) is 53.0 Å². The summed E-state index contributed by atoms with van der Waals surface area (Å²) in [5, 5.41) is 6.78. The molecular formula is C22H41IN4O2. The summed E-state index contributed by atoms with van der Waals surface area (Å²) in [5.74, 6) is 2.48. The fourth-order valence-electron chi connectivity index (χ4n) is 2.75. The van der Waals surface area contributed by atoms with Gasteiger partial charge < -0.3 is 25.0 Å². The van der Waals surface area contributed by atoms with E-state index >= 15 is 0 Å². The molecule has 6 nitrogen and oxygen atoms in total. The molecule has 0 spiro atoms. The minimum absolute atomic E-state index is 0. The molecule has 0 heterocycles. The normalized spacial score (nSPS) is 11.4. The largest absolute Gasteiger partial charge is 0.490 e. The summed E-state index contributed by atoms with van der Waals surface area (Å²) < 4.78 is 11.3. The molecule has 0 fully saturated rings. The third kappa shape index (κ3) is 11.5. The maximum absolute atomic E-state index is 5.70. The van der Waals surface area contributed by atoms with E-state index in [9.17, 15) is 0 Å². The molecule has 0 aliphatic carbocycles. The lowest BCUT2D eigenvalue weighted by Crippen LogP contribution is -2.39. The molecule has 0 radical (unpaired) electrons. The Morgan fingerprint density at radius 3 is 2.31 bits per heavy atom. The highest BCUT2D eigenvalue weighted by Crippen LogP contribution is 2.28. The maximum atomic E-state index is 5.70. The summed E-state index contributed by atoms with van der Waals surface area (Å²) in [4.78, 5) is 6.68. The van der Waals surface area contributed by atoms with E-state index in [0.29, 0.717) is 19.3 Å². The summed E-state index contributed by atoms with van der Waals surface area (Å²) in [6, 6.07) is 6.76. The highest BCUT2D eigenvalue weighted by molar-refractivity contribution is 14.0. The van der Waals surface area contributed by atoms with Crippen molar-refractivity contribution in [2.24, 2.45) is 4.99 Å². The van der Waals surface area contributed by atoms with Gasteiger partial charge in [0.1, 0.15) is 0 Å². The second kappa shape index (κ2) is 16.6. The summed E-state index contributed by atoms with van der Waals surface area (Å²) in [5.41, 5.74) is 1.21. The Bertz CT molecular complexity index is 582. The lowest BCUT2D eigenvalue weighted by molar-refractivity contribution is 0.268. The van der Waals surface area contributed by atoms with Crippen molar-refractivity contribution < 1.29 is 9.47 Å². The van der Waals surface area contributed by atoms with Crippen molar-refractivity contribution in [1.29, 1.82) is 0 Å². The van der Waals surface area contributed by atoms with Crippen molar-refractivity contribution in [2.75, 3.05) is 46.9 Å². The van der Waals surface area contributed by atoms with Crippen LogP contribution < -0.4 is 20.1 Å². The van der Waals surface area contributed by atoms with Crippen LogP contribution in [0.1, 0.15) is 46.1 Å². The highest BCUT2D eigenvalue weighted by Gasteiger charge is 2.07. The van der Waals surface area contributed by atoms with Crippen LogP contribution >= 0.6 is 24.0 Å². The smallest absolute Gasteiger partial charge is 0.190 e. The van der Waals surface area contributed by atoms with Gasteiger partial charge in [0.15, 0.2) is 17.5 Å². The Morgan fingerprint density at radius 1 is 1.03 bits per heavy atom.